The summed E-state index contributed by atoms with van der Waals surface area (Å²) in [4.78, 5) is 4.66. The number of ether oxygens (including phenoxy) is 1. The van der Waals surface area contributed by atoms with E-state index in [-0.39, 0.29) is 11.0 Å². The van der Waals surface area contributed by atoms with Crippen molar-refractivity contribution in [3.05, 3.63) is 16.1 Å². The van der Waals surface area contributed by atoms with Crippen LogP contribution < -0.4 is 5.73 Å². The van der Waals surface area contributed by atoms with E-state index < -0.39 is 0 Å². The summed E-state index contributed by atoms with van der Waals surface area (Å²) in [6.45, 7) is 8.04. The lowest BCUT2D eigenvalue weighted by Gasteiger charge is -2.19. The molecule has 0 spiro atoms. The molecular weight excluding hydrogens is 220 g/mol. The predicted molar refractivity (Wildman–Crippen MR) is 66.6 cm³/mol. The van der Waals surface area contributed by atoms with Crippen LogP contribution in [-0.2, 0) is 16.7 Å². The quantitative estimate of drug-likeness (QED) is 0.863. The van der Waals surface area contributed by atoms with Crippen molar-refractivity contribution in [1.82, 2.24) is 4.98 Å². The molecule has 1 unspecified atom stereocenters. The number of hydrogen-bond donors (Lipinski definition) is 1. The maximum absolute atomic E-state index is 6.28. The Morgan fingerprint density at radius 2 is 2.31 bits per heavy atom. The first-order valence-corrected chi connectivity index (χ1v) is 6.59. The van der Waals surface area contributed by atoms with E-state index in [9.17, 15) is 0 Å². The lowest BCUT2D eigenvalue weighted by atomic mass is 9.92. The molecule has 1 atom stereocenters. The van der Waals surface area contributed by atoms with Crippen LogP contribution in [0.4, 0.5) is 0 Å². The van der Waals surface area contributed by atoms with Crippen LogP contribution in [0.15, 0.2) is 5.38 Å². The lowest BCUT2D eigenvalue weighted by Crippen LogP contribution is -2.37. The molecule has 2 N–H and O–H groups in total. The van der Waals surface area contributed by atoms with Crippen LogP contribution in [0.2, 0.25) is 0 Å². The molecule has 16 heavy (non-hydrogen) atoms. The van der Waals surface area contributed by atoms with Gasteiger partial charge < -0.3 is 10.5 Å². The zero-order valence-electron chi connectivity index (χ0n) is 10.2. The van der Waals surface area contributed by atoms with Gasteiger partial charge in [-0.15, -0.1) is 11.3 Å². The van der Waals surface area contributed by atoms with Crippen LogP contribution in [0.3, 0.4) is 0 Å². The fourth-order valence-electron chi connectivity index (χ4n) is 1.86. The zero-order chi connectivity index (χ0) is 11.8. The lowest BCUT2D eigenvalue weighted by molar-refractivity contribution is 0.177. The molecule has 2 rings (SSSR count). The predicted octanol–water partition coefficient (Wildman–Crippen LogP) is 2.31. The molecule has 0 amide bonds. The summed E-state index contributed by atoms with van der Waals surface area (Å²) in [5.41, 5.74) is 7.23. The smallest absolute Gasteiger partial charge is 0.0934 e. The summed E-state index contributed by atoms with van der Waals surface area (Å²) >= 11 is 1.72. The Morgan fingerprint density at radius 1 is 1.56 bits per heavy atom. The second kappa shape index (κ2) is 4.09. The summed E-state index contributed by atoms with van der Waals surface area (Å²) in [5, 5.41) is 3.27. The third-order valence-electron chi connectivity index (χ3n) is 2.80. The topological polar surface area (TPSA) is 48.1 Å². The first-order valence-electron chi connectivity index (χ1n) is 5.71. The molecule has 0 bridgehead atoms. The Balaban J connectivity index is 2.13. The minimum absolute atomic E-state index is 0.281. The molecule has 1 aromatic heterocycles. The SMILES string of the molecule is CC(C)(C)Cc1nc(C2(N)CCOC2)cs1. The van der Waals surface area contributed by atoms with Gasteiger partial charge in [0.15, 0.2) is 0 Å². The molecule has 0 aliphatic carbocycles. The van der Waals surface area contributed by atoms with Crippen molar-refractivity contribution in [2.24, 2.45) is 11.1 Å². The molecule has 1 aliphatic rings. The van der Waals surface area contributed by atoms with Gasteiger partial charge in [-0.25, -0.2) is 4.98 Å². The fraction of sp³-hybridized carbons (Fsp3) is 0.750. The van der Waals surface area contributed by atoms with E-state index in [1.165, 1.54) is 5.01 Å². The first-order chi connectivity index (χ1) is 7.39. The zero-order valence-corrected chi connectivity index (χ0v) is 11.1. The van der Waals surface area contributed by atoms with E-state index in [1.807, 2.05) is 0 Å². The molecule has 0 aromatic carbocycles. The maximum atomic E-state index is 6.28. The third-order valence-corrected chi connectivity index (χ3v) is 3.64. The highest BCUT2D eigenvalue weighted by atomic mass is 32.1. The Labute approximate surface area is 101 Å². The van der Waals surface area contributed by atoms with Crippen LogP contribution in [-0.4, -0.2) is 18.2 Å². The minimum atomic E-state index is -0.341. The van der Waals surface area contributed by atoms with E-state index >= 15 is 0 Å². The molecule has 0 saturated carbocycles. The van der Waals surface area contributed by atoms with Crippen LogP contribution in [0.25, 0.3) is 0 Å². The normalized spacial score (nSPS) is 26.2. The highest BCUT2D eigenvalue weighted by molar-refractivity contribution is 7.09. The molecule has 2 heterocycles. The highest BCUT2D eigenvalue weighted by Gasteiger charge is 2.34. The van der Waals surface area contributed by atoms with Gasteiger partial charge in [0.2, 0.25) is 0 Å². The molecule has 0 radical (unpaired) electrons. The summed E-state index contributed by atoms with van der Waals surface area (Å²) in [6.07, 6.45) is 1.89. The third kappa shape index (κ3) is 2.62. The second-order valence-electron chi connectivity index (χ2n) is 5.82. The number of thiazole rings is 1. The van der Waals surface area contributed by atoms with Gasteiger partial charge in [-0.2, -0.15) is 0 Å². The van der Waals surface area contributed by atoms with Crippen LogP contribution >= 0.6 is 11.3 Å². The standard InChI is InChI=1S/C12H20N2OS/c1-11(2,3)6-10-14-9(7-16-10)12(13)4-5-15-8-12/h7H,4-6,8,13H2,1-3H3. The number of nitrogens with zero attached hydrogens (tertiary/aromatic N) is 1. The first kappa shape index (κ1) is 12.0. The molecular formula is C12H20N2OS. The van der Waals surface area contributed by atoms with Crippen molar-refractivity contribution < 1.29 is 4.74 Å². The van der Waals surface area contributed by atoms with Gasteiger partial charge >= 0.3 is 0 Å². The van der Waals surface area contributed by atoms with Crippen molar-refractivity contribution in [2.75, 3.05) is 13.2 Å². The van der Waals surface area contributed by atoms with Crippen LogP contribution in [0.5, 0.6) is 0 Å². The minimum Gasteiger partial charge on any atom is -0.379 e. The average molecular weight is 240 g/mol. The average Bonchev–Trinajstić information content (AvgIpc) is 2.72. The molecule has 1 aromatic rings. The van der Waals surface area contributed by atoms with Crippen molar-refractivity contribution in [2.45, 2.75) is 39.2 Å². The monoisotopic (exact) mass is 240 g/mol. The highest BCUT2D eigenvalue weighted by Crippen LogP contribution is 2.30. The van der Waals surface area contributed by atoms with E-state index in [0.717, 1.165) is 25.1 Å². The summed E-state index contributed by atoms with van der Waals surface area (Å²) in [7, 11) is 0. The van der Waals surface area contributed by atoms with Gasteiger partial charge in [-0.3, -0.25) is 0 Å². The number of rotatable bonds is 2. The summed E-state index contributed by atoms with van der Waals surface area (Å²) in [6, 6.07) is 0. The Morgan fingerprint density at radius 3 is 2.88 bits per heavy atom. The molecule has 1 aliphatic heterocycles. The van der Waals surface area contributed by atoms with E-state index in [2.05, 4.69) is 31.1 Å². The summed E-state index contributed by atoms with van der Waals surface area (Å²) in [5.74, 6) is 0. The van der Waals surface area contributed by atoms with Crippen molar-refractivity contribution in [3.63, 3.8) is 0 Å². The molecule has 1 fully saturated rings. The Hall–Kier alpha value is -0.450. The van der Waals surface area contributed by atoms with Gasteiger partial charge in [0.05, 0.1) is 22.8 Å². The van der Waals surface area contributed by atoms with E-state index in [0.29, 0.717) is 6.61 Å². The van der Waals surface area contributed by atoms with Crippen molar-refractivity contribution in [1.29, 1.82) is 0 Å². The Kier molecular flexibility index (Phi) is 3.07. The number of hydrogen-bond acceptors (Lipinski definition) is 4. The van der Waals surface area contributed by atoms with Gasteiger partial charge in [0, 0.05) is 18.4 Å². The molecule has 90 valence electrons. The molecule has 3 nitrogen and oxygen atoms in total. The number of aromatic nitrogens is 1. The van der Waals surface area contributed by atoms with Gasteiger partial charge in [0.1, 0.15) is 0 Å². The Bertz CT molecular complexity index is 361. The van der Waals surface area contributed by atoms with Crippen molar-refractivity contribution in [3.8, 4) is 0 Å². The summed E-state index contributed by atoms with van der Waals surface area (Å²) < 4.78 is 5.36. The largest absolute Gasteiger partial charge is 0.379 e. The van der Waals surface area contributed by atoms with E-state index in [1.54, 1.807) is 11.3 Å². The van der Waals surface area contributed by atoms with E-state index in [4.69, 9.17) is 10.5 Å². The van der Waals surface area contributed by atoms with Crippen LogP contribution in [0.1, 0.15) is 37.9 Å². The van der Waals surface area contributed by atoms with Gasteiger partial charge in [-0.05, 0) is 11.8 Å². The fourth-order valence-corrected chi connectivity index (χ4v) is 3.06. The van der Waals surface area contributed by atoms with Gasteiger partial charge in [0.25, 0.3) is 0 Å². The van der Waals surface area contributed by atoms with Crippen LogP contribution in [0, 0.1) is 5.41 Å². The van der Waals surface area contributed by atoms with Gasteiger partial charge in [-0.1, -0.05) is 20.8 Å². The maximum Gasteiger partial charge on any atom is 0.0934 e. The molecule has 1 saturated heterocycles. The molecule has 4 heteroatoms. The van der Waals surface area contributed by atoms with Crippen molar-refractivity contribution >= 4 is 11.3 Å². The second-order valence-corrected chi connectivity index (χ2v) is 6.77. The number of nitrogens with two attached hydrogens (primary N) is 1.